The molecule has 0 aromatic carbocycles. The minimum atomic E-state index is -0.796. The highest BCUT2D eigenvalue weighted by molar-refractivity contribution is 5.78. The number of aliphatic hydroxyl groups excluding tert-OH is 2. The van der Waals surface area contributed by atoms with E-state index in [0.29, 0.717) is 6.54 Å². The van der Waals surface area contributed by atoms with Crippen LogP contribution in [0.3, 0.4) is 0 Å². The Labute approximate surface area is 89.9 Å². The van der Waals surface area contributed by atoms with Crippen LogP contribution in [0.1, 0.15) is 19.8 Å². The largest absolute Gasteiger partial charge is 0.388 e. The van der Waals surface area contributed by atoms with Crippen molar-refractivity contribution in [1.29, 1.82) is 0 Å². The number of carbonyl (C=O) groups excluding carboxylic acids is 1. The molecule has 1 rings (SSSR count). The second-order valence-electron chi connectivity index (χ2n) is 4.21. The van der Waals surface area contributed by atoms with E-state index in [2.05, 4.69) is 0 Å². The number of carbonyl (C=O) groups is 1. The molecule has 1 saturated heterocycles. The van der Waals surface area contributed by atoms with Crippen LogP contribution in [0, 0.1) is 5.92 Å². The summed E-state index contributed by atoms with van der Waals surface area (Å²) in [5.74, 6) is -0.0786. The van der Waals surface area contributed by atoms with E-state index in [4.69, 9.17) is 5.73 Å². The lowest BCUT2D eigenvalue weighted by molar-refractivity contribution is -0.134. The fourth-order valence-corrected chi connectivity index (χ4v) is 1.81. The zero-order chi connectivity index (χ0) is 11.4. The molecule has 4 N–H and O–H groups in total. The van der Waals surface area contributed by atoms with Gasteiger partial charge in [0.1, 0.15) is 0 Å². The Hall–Kier alpha value is -0.650. The number of nitrogens with two attached hydrogens (primary N) is 1. The lowest BCUT2D eigenvalue weighted by atomic mass is 10.0. The molecule has 0 aromatic rings. The number of hydrogen-bond donors (Lipinski definition) is 3. The second kappa shape index (κ2) is 5.44. The van der Waals surface area contributed by atoms with Crippen molar-refractivity contribution < 1.29 is 15.0 Å². The van der Waals surface area contributed by atoms with Crippen LogP contribution in [0.2, 0.25) is 0 Å². The number of nitrogens with zero attached hydrogens (tertiary/aromatic N) is 1. The summed E-state index contributed by atoms with van der Waals surface area (Å²) < 4.78 is 0. The molecule has 0 radical (unpaired) electrons. The van der Waals surface area contributed by atoms with Gasteiger partial charge in [0.25, 0.3) is 0 Å². The summed E-state index contributed by atoms with van der Waals surface area (Å²) in [6.07, 6.45) is -0.00419. The summed E-state index contributed by atoms with van der Waals surface area (Å²) in [4.78, 5) is 13.3. The van der Waals surface area contributed by atoms with Crippen molar-refractivity contribution in [1.82, 2.24) is 4.90 Å². The predicted octanol–water partition coefficient (Wildman–Crippen LogP) is -1.07. The molecule has 0 bridgehead atoms. The Balaban J connectivity index is 2.40. The van der Waals surface area contributed by atoms with Gasteiger partial charge >= 0.3 is 0 Å². The van der Waals surface area contributed by atoms with E-state index in [1.807, 2.05) is 6.92 Å². The van der Waals surface area contributed by atoms with Crippen molar-refractivity contribution in [3.05, 3.63) is 0 Å². The van der Waals surface area contributed by atoms with E-state index in [9.17, 15) is 15.0 Å². The van der Waals surface area contributed by atoms with Gasteiger partial charge in [0.2, 0.25) is 5.91 Å². The summed E-state index contributed by atoms with van der Waals surface area (Å²) in [6.45, 7) is 2.93. The van der Waals surface area contributed by atoms with Gasteiger partial charge in [0.15, 0.2) is 0 Å². The maximum atomic E-state index is 11.8. The maximum Gasteiger partial charge on any atom is 0.225 e. The Morgan fingerprint density at radius 1 is 1.47 bits per heavy atom. The van der Waals surface area contributed by atoms with Gasteiger partial charge in [0, 0.05) is 19.0 Å². The smallest absolute Gasteiger partial charge is 0.225 e. The monoisotopic (exact) mass is 216 g/mol. The van der Waals surface area contributed by atoms with Gasteiger partial charge in [-0.05, 0) is 19.4 Å². The van der Waals surface area contributed by atoms with Crippen LogP contribution in [0.5, 0.6) is 0 Å². The Kier molecular flexibility index (Phi) is 4.50. The quantitative estimate of drug-likeness (QED) is 0.558. The molecular formula is C10H20N2O3. The van der Waals surface area contributed by atoms with Gasteiger partial charge in [-0.2, -0.15) is 0 Å². The molecule has 15 heavy (non-hydrogen) atoms. The molecule has 0 saturated carbocycles. The van der Waals surface area contributed by atoms with Crippen LogP contribution in [0.4, 0.5) is 0 Å². The number of aliphatic hydroxyl groups is 2. The highest BCUT2D eigenvalue weighted by Crippen LogP contribution is 2.16. The summed E-state index contributed by atoms with van der Waals surface area (Å²) in [5, 5.41) is 18.6. The summed E-state index contributed by atoms with van der Waals surface area (Å²) in [6, 6.07) is 0. The van der Waals surface area contributed by atoms with E-state index in [-0.39, 0.29) is 24.9 Å². The lowest BCUT2D eigenvalue weighted by Crippen LogP contribution is -2.34. The first-order valence-electron chi connectivity index (χ1n) is 5.41. The van der Waals surface area contributed by atoms with Crippen molar-refractivity contribution in [3.63, 3.8) is 0 Å². The topological polar surface area (TPSA) is 86.8 Å². The first-order chi connectivity index (χ1) is 7.06. The van der Waals surface area contributed by atoms with Gasteiger partial charge in [-0.15, -0.1) is 0 Å². The van der Waals surface area contributed by atoms with Crippen molar-refractivity contribution in [2.24, 2.45) is 11.7 Å². The fraction of sp³-hybridized carbons (Fsp3) is 0.900. The van der Waals surface area contributed by atoms with Crippen LogP contribution in [0.15, 0.2) is 0 Å². The molecule has 1 aliphatic rings. The third-order valence-corrected chi connectivity index (χ3v) is 2.83. The van der Waals surface area contributed by atoms with Crippen LogP contribution in [-0.4, -0.2) is 52.9 Å². The Morgan fingerprint density at radius 2 is 2.00 bits per heavy atom. The van der Waals surface area contributed by atoms with Crippen molar-refractivity contribution in [2.45, 2.75) is 32.0 Å². The molecule has 0 spiro atoms. The average Bonchev–Trinajstić information content (AvgIpc) is 2.54. The van der Waals surface area contributed by atoms with E-state index in [1.54, 1.807) is 0 Å². The van der Waals surface area contributed by atoms with Crippen LogP contribution in [-0.2, 0) is 4.79 Å². The molecule has 1 aliphatic heterocycles. The predicted molar refractivity (Wildman–Crippen MR) is 56.0 cm³/mol. The van der Waals surface area contributed by atoms with Gasteiger partial charge in [-0.1, -0.05) is 6.92 Å². The Bertz CT molecular complexity index is 213. The van der Waals surface area contributed by atoms with Crippen molar-refractivity contribution >= 4 is 5.91 Å². The zero-order valence-electron chi connectivity index (χ0n) is 9.09. The first-order valence-corrected chi connectivity index (χ1v) is 5.41. The second-order valence-corrected chi connectivity index (χ2v) is 4.21. The molecule has 1 amide bonds. The number of likely N-dealkylation sites (tertiary alicyclic amines) is 1. The molecular weight excluding hydrogens is 196 g/mol. The molecule has 1 unspecified atom stereocenters. The molecule has 1 heterocycles. The summed E-state index contributed by atoms with van der Waals surface area (Å²) in [5.41, 5.74) is 5.37. The van der Waals surface area contributed by atoms with Gasteiger partial charge in [-0.3, -0.25) is 4.79 Å². The third-order valence-electron chi connectivity index (χ3n) is 2.83. The van der Waals surface area contributed by atoms with E-state index in [0.717, 1.165) is 12.8 Å². The van der Waals surface area contributed by atoms with Crippen LogP contribution >= 0.6 is 0 Å². The fourth-order valence-electron chi connectivity index (χ4n) is 1.81. The average molecular weight is 216 g/mol. The number of rotatable bonds is 4. The molecule has 1 fully saturated rings. The SMILES string of the molecule is CC(CCCN)C(=O)N1C[C@@H](O)[C@@H](O)C1. The van der Waals surface area contributed by atoms with E-state index < -0.39 is 12.2 Å². The van der Waals surface area contributed by atoms with Crippen molar-refractivity contribution in [2.75, 3.05) is 19.6 Å². The van der Waals surface area contributed by atoms with E-state index in [1.165, 1.54) is 4.90 Å². The van der Waals surface area contributed by atoms with Gasteiger partial charge in [-0.25, -0.2) is 0 Å². The number of hydrogen-bond acceptors (Lipinski definition) is 4. The van der Waals surface area contributed by atoms with Crippen LogP contribution < -0.4 is 5.73 Å². The van der Waals surface area contributed by atoms with E-state index >= 15 is 0 Å². The zero-order valence-corrected chi connectivity index (χ0v) is 9.09. The standard InChI is InChI=1S/C10H20N2O3/c1-7(3-2-4-11)10(15)12-5-8(13)9(14)6-12/h7-9,13-14H,2-6,11H2,1H3/t7?,8-,9+. The minimum absolute atomic E-state index is 0.000880. The third kappa shape index (κ3) is 3.15. The normalized spacial score (nSPS) is 28.1. The lowest BCUT2D eigenvalue weighted by Gasteiger charge is -2.20. The molecule has 0 aromatic heterocycles. The maximum absolute atomic E-state index is 11.8. The first kappa shape index (κ1) is 12.4. The number of amides is 1. The van der Waals surface area contributed by atoms with Gasteiger partial charge in [0.05, 0.1) is 12.2 Å². The van der Waals surface area contributed by atoms with Crippen LogP contribution in [0.25, 0.3) is 0 Å². The highest BCUT2D eigenvalue weighted by Gasteiger charge is 2.33. The minimum Gasteiger partial charge on any atom is -0.388 e. The van der Waals surface area contributed by atoms with Crippen molar-refractivity contribution in [3.8, 4) is 0 Å². The summed E-state index contributed by atoms with van der Waals surface area (Å²) >= 11 is 0. The number of β-amino-alcohol motifs (C(OH)–C–C–N with tert-alkyl or cyclic N) is 2. The molecule has 3 atom stereocenters. The molecule has 5 heteroatoms. The Morgan fingerprint density at radius 3 is 2.47 bits per heavy atom. The molecule has 5 nitrogen and oxygen atoms in total. The highest BCUT2D eigenvalue weighted by atomic mass is 16.3. The summed E-state index contributed by atoms with van der Waals surface area (Å²) in [7, 11) is 0. The molecule has 88 valence electrons. The van der Waals surface area contributed by atoms with Gasteiger partial charge < -0.3 is 20.8 Å². The molecule has 0 aliphatic carbocycles.